The highest BCUT2D eigenvalue weighted by molar-refractivity contribution is 9.10. The smallest absolute Gasteiger partial charge is 0.326 e. The lowest BCUT2D eigenvalue weighted by Crippen LogP contribution is -2.53. The van der Waals surface area contributed by atoms with E-state index in [0.29, 0.717) is 29.2 Å². The maximum atomic E-state index is 12.1. The summed E-state index contributed by atoms with van der Waals surface area (Å²) >= 11 is 3.58. The quantitative estimate of drug-likeness (QED) is 0.329. The van der Waals surface area contributed by atoms with E-state index in [2.05, 4.69) is 50.4 Å². The molecule has 0 aliphatic heterocycles. The molecule has 5 atom stereocenters. The van der Waals surface area contributed by atoms with Crippen LogP contribution in [0.3, 0.4) is 0 Å². The van der Waals surface area contributed by atoms with Crippen molar-refractivity contribution in [2.75, 3.05) is 17.2 Å². The van der Waals surface area contributed by atoms with Crippen LogP contribution in [0.5, 0.6) is 0 Å². The first-order valence-electron chi connectivity index (χ1n) is 11.9. The first-order valence-corrected chi connectivity index (χ1v) is 12.7. The minimum Gasteiger partial charge on any atom is -0.395 e. The predicted octanol–water partition coefficient (Wildman–Crippen LogP) is 3.61. The number of nitrogens with zero attached hydrogens (tertiary/aromatic N) is 3. The third-order valence-electron chi connectivity index (χ3n) is 7.30. The van der Waals surface area contributed by atoms with Crippen LogP contribution in [-0.2, 0) is 6.54 Å². The molecule has 2 saturated carbocycles. The lowest BCUT2D eigenvalue weighted by atomic mass is 9.60. The molecule has 0 radical (unpaired) electrons. The van der Waals surface area contributed by atoms with Crippen molar-refractivity contribution < 1.29 is 10.2 Å². The molecule has 182 valence electrons. The number of aliphatic hydroxyl groups excluding tert-OH is 1. The zero-order valence-corrected chi connectivity index (χ0v) is 21.0. The van der Waals surface area contributed by atoms with Gasteiger partial charge in [0.1, 0.15) is 5.82 Å². The lowest BCUT2D eigenvalue weighted by Gasteiger charge is -2.51. The largest absolute Gasteiger partial charge is 0.395 e. The summed E-state index contributed by atoms with van der Waals surface area (Å²) < 4.78 is 2.30. The standard InChI is InChI=1S/C24H31BrN6O3/c1-13-7-15-11-24(34,9-13)10-14(2)20(15)29-21-17(25)12-26-22(30-21)27-16-3-4-19-18(8-16)28-23(33)31(19)5-6-32/h3-4,8,12-15,20,32,34H,5-7,9-11H2,1-2H3,(H,28,33)(H2,26,27,29,30). The summed E-state index contributed by atoms with van der Waals surface area (Å²) in [6.07, 6.45) is 5.36. The predicted molar refractivity (Wildman–Crippen MR) is 135 cm³/mol. The highest BCUT2D eigenvalue weighted by Gasteiger charge is 2.47. The molecule has 2 fully saturated rings. The molecule has 5 rings (SSSR count). The molecule has 5 N–H and O–H groups in total. The molecule has 0 amide bonds. The Hall–Kier alpha value is -2.43. The molecule has 0 saturated heterocycles. The van der Waals surface area contributed by atoms with Crippen molar-refractivity contribution in [3.8, 4) is 0 Å². The van der Waals surface area contributed by atoms with Gasteiger partial charge in [0.25, 0.3) is 0 Å². The normalized spacial score (nSPS) is 28.7. The summed E-state index contributed by atoms with van der Waals surface area (Å²) in [5.41, 5.74) is 1.37. The average Bonchev–Trinajstić information content (AvgIpc) is 3.07. The minimum absolute atomic E-state index is 0.103. The topological polar surface area (TPSA) is 128 Å². The molecular formula is C24H31BrN6O3. The number of fused-ring (bicyclic) bond motifs is 3. The molecule has 9 nitrogen and oxygen atoms in total. The summed E-state index contributed by atoms with van der Waals surface area (Å²) in [5, 5.41) is 27.1. The summed E-state index contributed by atoms with van der Waals surface area (Å²) in [4.78, 5) is 24.1. The Morgan fingerprint density at radius 2 is 2.12 bits per heavy atom. The van der Waals surface area contributed by atoms with Crippen LogP contribution in [0.2, 0.25) is 0 Å². The molecule has 2 bridgehead atoms. The molecule has 5 unspecified atom stereocenters. The molecule has 3 aromatic rings. The first kappa shape index (κ1) is 23.3. The highest BCUT2D eigenvalue weighted by Crippen LogP contribution is 2.48. The number of imidazole rings is 1. The van der Waals surface area contributed by atoms with Crippen LogP contribution >= 0.6 is 15.9 Å². The molecule has 2 aromatic heterocycles. The first-order chi connectivity index (χ1) is 16.2. The molecule has 34 heavy (non-hydrogen) atoms. The third-order valence-corrected chi connectivity index (χ3v) is 7.88. The van der Waals surface area contributed by atoms with Gasteiger partial charge in [-0.1, -0.05) is 13.8 Å². The Balaban J connectivity index is 1.36. The van der Waals surface area contributed by atoms with E-state index in [1.165, 1.54) is 4.57 Å². The van der Waals surface area contributed by atoms with Crippen molar-refractivity contribution in [3.63, 3.8) is 0 Å². The number of anilines is 3. The zero-order valence-electron chi connectivity index (χ0n) is 19.4. The van der Waals surface area contributed by atoms with Gasteiger partial charge in [0.2, 0.25) is 5.95 Å². The minimum atomic E-state index is -0.536. The fraction of sp³-hybridized carbons (Fsp3) is 0.542. The van der Waals surface area contributed by atoms with E-state index < -0.39 is 5.60 Å². The van der Waals surface area contributed by atoms with Crippen LogP contribution in [0.4, 0.5) is 17.5 Å². The number of halogens is 1. The van der Waals surface area contributed by atoms with Gasteiger partial charge in [0, 0.05) is 17.9 Å². The molecule has 2 aliphatic carbocycles. The number of nitrogens with one attached hydrogen (secondary N) is 3. The van der Waals surface area contributed by atoms with Gasteiger partial charge in [-0.2, -0.15) is 4.98 Å². The van der Waals surface area contributed by atoms with Crippen molar-refractivity contribution in [2.24, 2.45) is 17.8 Å². The van der Waals surface area contributed by atoms with Crippen molar-refractivity contribution in [3.05, 3.63) is 39.4 Å². The second kappa shape index (κ2) is 8.98. The Morgan fingerprint density at radius 1 is 1.29 bits per heavy atom. The Bertz CT molecular complexity index is 1260. The van der Waals surface area contributed by atoms with Crippen LogP contribution in [0.25, 0.3) is 11.0 Å². The van der Waals surface area contributed by atoms with Crippen molar-refractivity contribution in [1.29, 1.82) is 0 Å². The van der Waals surface area contributed by atoms with Gasteiger partial charge in [0.05, 0.1) is 34.3 Å². The third kappa shape index (κ3) is 4.46. The Labute approximate surface area is 206 Å². The zero-order chi connectivity index (χ0) is 24.0. The Morgan fingerprint density at radius 3 is 2.91 bits per heavy atom. The number of hydrogen-bond acceptors (Lipinski definition) is 7. The van der Waals surface area contributed by atoms with Crippen molar-refractivity contribution >= 4 is 44.4 Å². The van der Waals surface area contributed by atoms with Gasteiger partial charge in [-0.15, -0.1) is 0 Å². The van der Waals surface area contributed by atoms with Gasteiger partial charge >= 0.3 is 5.69 Å². The number of hydrogen-bond donors (Lipinski definition) is 5. The van der Waals surface area contributed by atoms with E-state index in [1.54, 1.807) is 6.20 Å². The van der Waals surface area contributed by atoms with Gasteiger partial charge in [-0.25, -0.2) is 9.78 Å². The van der Waals surface area contributed by atoms with Gasteiger partial charge in [-0.05, 0) is 77.6 Å². The summed E-state index contributed by atoms with van der Waals surface area (Å²) in [6.45, 7) is 4.58. The number of rotatable bonds is 6. The van der Waals surface area contributed by atoms with Crippen molar-refractivity contribution in [1.82, 2.24) is 19.5 Å². The summed E-state index contributed by atoms with van der Waals surface area (Å²) in [6, 6.07) is 5.75. The molecule has 0 spiro atoms. The summed E-state index contributed by atoms with van der Waals surface area (Å²) in [5.74, 6) is 2.41. The maximum Gasteiger partial charge on any atom is 0.326 e. The van der Waals surface area contributed by atoms with Crippen LogP contribution in [0, 0.1) is 17.8 Å². The van der Waals surface area contributed by atoms with E-state index in [1.807, 2.05) is 18.2 Å². The van der Waals surface area contributed by atoms with Crippen molar-refractivity contribution in [2.45, 2.75) is 57.7 Å². The van der Waals surface area contributed by atoms with E-state index in [-0.39, 0.29) is 24.9 Å². The molecule has 1 aromatic carbocycles. The number of aromatic nitrogens is 4. The monoisotopic (exact) mass is 530 g/mol. The SMILES string of the molecule is CC1CC2CC(O)(C1)CC(C)C2Nc1nc(Nc2ccc3c(c2)[nH]c(=O)n3CCO)ncc1Br. The van der Waals surface area contributed by atoms with Crippen LogP contribution in [0.1, 0.15) is 39.5 Å². The van der Waals surface area contributed by atoms with Crippen LogP contribution in [0.15, 0.2) is 33.7 Å². The van der Waals surface area contributed by atoms with E-state index in [9.17, 15) is 15.0 Å². The fourth-order valence-corrected chi connectivity index (χ4v) is 6.48. The summed E-state index contributed by atoms with van der Waals surface area (Å²) in [7, 11) is 0. The van der Waals surface area contributed by atoms with Gasteiger partial charge in [0.15, 0.2) is 0 Å². The number of aliphatic hydroxyl groups is 2. The fourth-order valence-electron chi connectivity index (χ4n) is 6.17. The average molecular weight is 531 g/mol. The maximum absolute atomic E-state index is 12.1. The van der Waals surface area contributed by atoms with Crippen LogP contribution < -0.4 is 16.3 Å². The lowest BCUT2D eigenvalue weighted by molar-refractivity contribution is -0.0847. The Kier molecular flexibility index (Phi) is 6.16. The van der Waals surface area contributed by atoms with Gasteiger partial charge < -0.3 is 25.8 Å². The second-order valence-corrected chi connectivity index (χ2v) is 11.0. The molecule has 10 heteroatoms. The second-order valence-electron chi connectivity index (χ2n) is 10.1. The van der Waals surface area contributed by atoms with E-state index >= 15 is 0 Å². The van der Waals surface area contributed by atoms with E-state index in [0.717, 1.165) is 47.2 Å². The van der Waals surface area contributed by atoms with Crippen LogP contribution in [-0.4, -0.2) is 48.0 Å². The number of benzene rings is 1. The molecular weight excluding hydrogens is 500 g/mol. The highest BCUT2D eigenvalue weighted by atomic mass is 79.9. The molecule has 2 aliphatic rings. The number of H-pyrrole nitrogens is 1. The van der Waals surface area contributed by atoms with E-state index in [4.69, 9.17) is 4.98 Å². The number of aromatic amines is 1. The van der Waals surface area contributed by atoms with Gasteiger partial charge in [-0.3, -0.25) is 4.57 Å². The molecule has 2 heterocycles.